The summed E-state index contributed by atoms with van der Waals surface area (Å²) in [7, 11) is 0. The van der Waals surface area contributed by atoms with Crippen LogP contribution < -0.4 is 5.43 Å². The van der Waals surface area contributed by atoms with Crippen LogP contribution in [0.3, 0.4) is 0 Å². The number of aromatic nitrogens is 1. The average Bonchev–Trinajstić information content (AvgIpc) is 2.37. The number of piperidine rings is 1. The first-order valence-electron chi connectivity index (χ1n) is 6.06. The monoisotopic (exact) mass is 259 g/mol. The standard InChI is InChI=1S/C12H16F3N3/c13-12(14,15)10-4-5-11(16-8-10)9-17-18-6-2-1-3-7-18/h4-5,8,17H,1-3,6-7,9H2. The van der Waals surface area contributed by atoms with Crippen molar-refractivity contribution in [3.8, 4) is 0 Å². The van der Waals surface area contributed by atoms with Gasteiger partial charge in [0.2, 0.25) is 0 Å². The quantitative estimate of drug-likeness (QED) is 0.904. The minimum atomic E-state index is -4.31. The number of halogens is 3. The first kappa shape index (κ1) is 13.3. The molecular weight excluding hydrogens is 243 g/mol. The van der Waals surface area contributed by atoms with E-state index >= 15 is 0 Å². The van der Waals surface area contributed by atoms with Crippen molar-refractivity contribution in [2.45, 2.75) is 32.0 Å². The lowest BCUT2D eigenvalue weighted by Crippen LogP contribution is -2.41. The molecule has 2 rings (SSSR count). The highest BCUT2D eigenvalue weighted by Gasteiger charge is 2.30. The highest BCUT2D eigenvalue weighted by Crippen LogP contribution is 2.28. The smallest absolute Gasteiger partial charge is 0.259 e. The molecule has 0 aromatic carbocycles. The van der Waals surface area contributed by atoms with E-state index in [1.54, 1.807) is 0 Å². The van der Waals surface area contributed by atoms with Gasteiger partial charge in [-0.25, -0.2) is 10.4 Å². The average molecular weight is 259 g/mol. The summed E-state index contributed by atoms with van der Waals surface area (Å²) in [6.45, 7) is 2.44. The highest BCUT2D eigenvalue weighted by molar-refractivity contribution is 5.16. The van der Waals surface area contributed by atoms with Crippen molar-refractivity contribution in [2.75, 3.05) is 13.1 Å². The van der Waals surface area contributed by atoms with Gasteiger partial charge in [-0.15, -0.1) is 0 Å². The number of hydrazine groups is 1. The van der Waals surface area contributed by atoms with E-state index in [4.69, 9.17) is 0 Å². The van der Waals surface area contributed by atoms with E-state index in [1.165, 1.54) is 12.5 Å². The molecule has 18 heavy (non-hydrogen) atoms. The number of nitrogens with zero attached hydrogens (tertiary/aromatic N) is 2. The molecule has 0 amide bonds. The fourth-order valence-corrected chi connectivity index (χ4v) is 1.94. The summed E-state index contributed by atoms with van der Waals surface area (Å²) in [5.41, 5.74) is 3.10. The molecule has 0 saturated carbocycles. The van der Waals surface area contributed by atoms with Gasteiger partial charge >= 0.3 is 6.18 Å². The topological polar surface area (TPSA) is 28.2 Å². The Kier molecular flexibility index (Phi) is 4.19. The Labute approximate surface area is 104 Å². The lowest BCUT2D eigenvalue weighted by Gasteiger charge is -2.26. The van der Waals surface area contributed by atoms with Gasteiger partial charge in [-0.3, -0.25) is 4.98 Å². The van der Waals surface area contributed by atoms with E-state index in [2.05, 4.69) is 15.4 Å². The third-order valence-electron chi connectivity index (χ3n) is 2.99. The number of hydrogen-bond acceptors (Lipinski definition) is 3. The summed E-state index contributed by atoms with van der Waals surface area (Å²) in [6, 6.07) is 2.49. The molecule has 0 bridgehead atoms. The molecule has 100 valence electrons. The van der Waals surface area contributed by atoms with Crippen LogP contribution in [0.2, 0.25) is 0 Å². The predicted octanol–water partition coefficient (Wildman–Crippen LogP) is 2.59. The molecule has 0 atom stereocenters. The lowest BCUT2D eigenvalue weighted by atomic mass is 10.2. The minimum absolute atomic E-state index is 0.470. The van der Waals surface area contributed by atoms with Gasteiger partial charge in [-0.05, 0) is 25.0 Å². The molecule has 1 aromatic heterocycles. The van der Waals surface area contributed by atoms with Gasteiger partial charge in [0, 0.05) is 19.3 Å². The van der Waals surface area contributed by atoms with Crippen LogP contribution in [0.4, 0.5) is 13.2 Å². The van der Waals surface area contributed by atoms with E-state index < -0.39 is 11.7 Å². The Hall–Kier alpha value is -1.14. The number of hydrogen-bond donors (Lipinski definition) is 1. The van der Waals surface area contributed by atoms with E-state index in [0.29, 0.717) is 12.2 Å². The van der Waals surface area contributed by atoms with Crippen LogP contribution in [0, 0.1) is 0 Å². The van der Waals surface area contributed by atoms with Crippen molar-refractivity contribution in [3.05, 3.63) is 29.6 Å². The van der Waals surface area contributed by atoms with Crippen molar-refractivity contribution in [3.63, 3.8) is 0 Å². The predicted molar refractivity (Wildman–Crippen MR) is 61.5 cm³/mol. The van der Waals surface area contributed by atoms with E-state index in [0.717, 1.165) is 38.2 Å². The summed E-state index contributed by atoms with van der Waals surface area (Å²) in [5, 5.41) is 2.10. The maximum absolute atomic E-state index is 12.3. The number of alkyl halides is 3. The molecular formula is C12H16F3N3. The molecule has 1 fully saturated rings. The summed E-state index contributed by atoms with van der Waals surface area (Å²) >= 11 is 0. The van der Waals surface area contributed by atoms with Crippen molar-refractivity contribution in [1.29, 1.82) is 0 Å². The Morgan fingerprint density at radius 1 is 1.17 bits per heavy atom. The molecule has 1 aliphatic heterocycles. The molecule has 0 unspecified atom stereocenters. The van der Waals surface area contributed by atoms with Crippen molar-refractivity contribution in [1.82, 2.24) is 15.4 Å². The third-order valence-corrected chi connectivity index (χ3v) is 2.99. The minimum Gasteiger partial charge on any atom is -0.259 e. The highest BCUT2D eigenvalue weighted by atomic mass is 19.4. The zero-order valence-electron chi connectivity index (χ0n) is 10.0. The molecule has 2 heterocycles. The normalized spacial score (nSPS) is 17.9. The summed E-state index contributed by atoms with van der Waals surface area (Å²) in [5.74, 6) is 0. The number of rotatable bonds is 3. The maximum Gasteiger partial charge on any atom is 0.417 e. The summed E-state index contributed by atoms with van der Waals surface area (Å²) < 4.78 is 37.0. The molecule has 1 aromatic rings. The molecule has 6 heteroatoms. The van der Waals surface area contributed by atoms with Crippen LogP contribution in [-0.2, 0) is 12.7 Å². The molecule has 0 aliphatic carbocycles. The Morgan fingerprint density at radius 2 is 1.89 bits per heavy atom. The Balaban J connectivity index is 1.86. The van der Waals surface area contributed by atoms with Gasteiger partial charge in [0.1, 0.15) is 0 Å². The largest absolute Gasteiger partial charge is 0.417 e. The second-order valence-electron chi connectivity index (χ2n) is 4.42. The molecule has 1 saturated heterocycles. The van der Waals surface area contributed by atoms with Gasteiger partial charge in [-0.1, -0.05) is 6.42 Å². The molecule has 1 N–H and O–H groups in total. The second kappa shape index (κ2) is 5.67. The molecule has 3 nitrogen and oxygen atoms in total. The first-order valence-corrected chi connectivity index (χ1v) is 6.06. The van der Waals surface area contributed by atoms with Crippen molar-refractivity contribution >= 4 is 0 Å². The van der Waals surface area contributed by atoms with Gasteiger partial charge in [0.05, 0.1) is 17.8 Å². The van der Waals surface area contributed by atoms with Gasteiger partial charge < -0.3 is 0 Å². The SMILES string of the molecule is FC(F)(F)c1ccc(CNN2CCCCC2)nc1. The van der Waals surface area contributed by atoms with Gasteiger partial charge in [0.25, 0.3) is 0 Å². The Morgan fingerprint density at radius 3 is 2.44 bits per heavy atom. The van der Waals surface area contributed by atoms with Crippen LogP contribution in [-0.4, -0.2) is 23.1 Å². The third kappa shape index (κ3) is 3.68. The van der Waals surface area contributed by atoms with E-state index in [-0.39, 0.29) is 0 Å². The summed E-state index contributed by atoms with van der Waals surface area (Å²) in [6.07, 6.45) is 0.136. The summed E-state index contributed by atoms with van der Waals surface area (Å²) in [4.78, 5) is 3.82. The van der Waals surface area contributed by atoms with Crippen LogP contribution >= 0.6 is 0 Å². The second-order valence-corrected chi connectivity index (χ2v) is 4.42. The number of pyridine rings is 1. The van der Waals surface area contributed by atoms with Crippen LogP contribution in [0.15, 0.2) is 18.3 Å². The van der Waals surface area contributed by atoms with Crippen molar-refractivity contribution in [2.24, 2.45) is 0 Å². The van der Waals surface area contributed by atoms with Crippen molar-refractivity contribution < 1.29 is 13.2 Å². The van der Waals surface area contributed by atoms with E-state index in [1.807, 2.05) is 0 Å². The number of nitrogens with one attached hydrogen (secondary N) is 1. The molecule has 0 spiro atoms. The fourth-order valence-electron chi connectivity index (χ4n) is 1.94. The Bertz CT molecular complexity index is 369. The van der Waals surface area contributed by atoms with Gasteiger partial charge in [-0.2, -0.15) is 13.2 Å². The van der Waals surface area contributed by atoms with E-state index in [9.17, 15) is 13.2 Å². The maximum atomic E-state index is 12.3. The van der Waals surface area contributed by atoms with Crippen LogP contribution in [0.5, 0.6) is 0 Å². The van der Waals surface area contributed by atoms with Crippen LogP contribution in [0.25, 0.3) is 0 Å². The molecule has 1 aliphatic rings. The first-order chi connectivity index (χ1) is 8.55. The fraction of sp³-hybridized carbons (Fsp3) is 0.583. The molecule has 0 radical (unpaired) electrons. The lowest BCUT2D eigenvalue weighted by molar-refractivity contribution is -0.137. The van der Waals surface area contributed by atoms with Crippen LogP contribution in [0.1, 0.15) is 30.5 Å². The zero-order valence-corrected chi connectivity index (χ0v) is 10.0. The zero-order chi connectivity index (χ0) is 13.0. The van der Waals surface area contributed by atoms with Gasteiger partial charge in [0.15, 0.2) is 0 Å².